The summed E-state index contributed by atoms with van der Waals surface area (Å²) in [6.07, 6.45) is 5.11. The molecule has 3 aromatic heterocycles. The van der Waals surface area contributed by atoms with E-state index in [2.05, 4.69) is 51.8 Å². The Labute approximate surface area is 185 Å². The van der Waals surface area contributed by atoms with Crippen LogP contribution in [0.25, 0.3) is 11.4 Å². The van der Waals surface area contributed by atoms with E-state index in [-0.39, 0.29) is 12.4 Å². The summed E-state index contributed by atoms with van der Waals surface area (Å²) >= 11 is 3.38. The smallest absolute Gasteiger partial charge is 0.314 e. The summed E-state index contributed by atoms with van der Waals surface area (Å²) in [5.74, 6) is -0.403. The Bertz CT molecular complexity index is 1190. The number of hydrogen-bond acceptors (Lipinski definition) is 6. The molecule has 0 saturated heterocycles. The van der Waals surface area contributed by atoms with Gasteiger partial charge in [0.15, 0.2) is 11.6 Å². The molecule has 10 nitrogen and oxygen atoms in total. The van der Waals surface area contributed by atoms with E-state index < -0.39 is 11.8 Å². The van der Waals surface area contributed by atoms with Gasteiger partial charge in [-0.2, -0.15) is 10.2 Å². The number of aromatic amines is 1. The number of carbonyl (C=O) groups is 2. The Morgan fingerprint density at radius 1 is 1.03 bits per heavy atom. The second-order valence-electron chi connectivity index (χ2n) is 6.50. The summed E-state index contributed by atoms with van der Waals surface area (Å²) in [5, 5.41) is 16.1. The van der Waals surface area contributed by atoms with Crippen molar-refractivity contribution in [3.8, 4) is 11.4 Å². The molecule has 0 aliphatic heterocycles. The highest BCUT2D eigenvalue weighted by Gasteiger charge is 2.16. The molecule has 3 N–H and O–H groups in total. The molecule has 0 radical (unpaired) electrons. The third kappa shape index (κ3) is 5.39. The lowest BCUT2D eigenvalue weighted by atomic mass is 10.2. The number of benzene rings is 1. The maximum Gasteiger partial charge on any atom is 0.314 e. The van der Waals surface area contributed by atoms with Gasteiger partial charge in [-0.25, -0.2) is 4.98 Å². The molecule has 0 unspecified atom stereocenters. The normalized spacial score (nSPS) is 10.6. The average molecular weight is 481 g/mol. The highest BCUT2D eigenvalue weighted by atomic mass is 79.9. The molecule has 4 rings (SSSR count). The molecule has 0 fully saturated rings. The van der Waals surface area contributed by atoms with E-state index in [1.54, 1.807) is 29.3 Å². The third-order valence-electron chi connectivity index (χ3n) is 4.23. The molecule has 0 atom stereocenters. The van der Waals surface area contributed by atoms with E-state index in [1.807, 2.05) is 36.4 Å². The number of nitrogens with zero attached hydrogens (tertiary/aromatic N) is 5. The van der Waals surface area contributed by atoms with E-state index in [4.69, 9.17) is 0 Å². The molecule has 0 spiro atoms. The summed E-state index contributed by atoms with van der Waals surface area (Å²) < 4.78 is 2.61. The minimum absolute atomic E-state index is 0.0340. The van der Waals surface area contributed by atoms with Crippen LogP contribution in [0.5, 0.6) is 0 Å². The molecule has 1 aromatic carbocycles. The second kappa shape index (κ2) is 9.30. The Kier molecular flexibility index (Phi) is 6.13. The Hall–Kier alpha value is -3.86. The van der Waals surface area contributed by atoms with Crippen LogP contribution in [0.15, 0.2) is 65.5 Å². The number of aromatic nitrogens is 6. The molecule has 0 bridgehead atoms. The van der Waals surface area contributed by atoms with Crippen molar-refractivity contribution in [1.29, 1.82) is 0 Å². The van der Waals surface area contributed by atoms with Crippen molar-refractivity contribution in [2.24, 2.45) is 0 Å². The Morgan fingerprint density at radius 2 is 1.81 bits per heavy atom. The average Bonchev–Trinajstić information content (AvgIpc) is 3.43. The zero-order chi connectivity index (χ0) is 21.6. The van der Waals surface area contributed by atoms with Crippen molar-refractivity contribution in [3.05, 3.63) is 76.9 Å². The van der Waals surface area contributed by atoms with Gasteiger partial charge in [0.2, 0.25) is 0 Å². The van der Waals surface area contributed by atoms with Crippen molar-refractivity contribution in [2.75, 3.05) is 5.32 Å². The molecule has 2 amide bonds. The van der Waals surface area contributed by atoms with Crippen molar-refractivity contribution >= 4 is 33.6 Å². The van der Waals surface area contributed by atoms with E-state index in [0.717, 1.165) is 15.6 Å². The molecular weight excluding hydrogens is 464 g/mol. The molecule has 11 heteroatoms. The van der Waals surface area contributed by atoms with Crippen LogP contribution in [-0.2, 0) is 22.7 Å². The minimum Gasteiger partial charge on any atom is -0.341 e. The summed E-state index contributed by atoms with van der Waals surface area (Å²) in [4.78, 5) is 32.5. The first kappa shape index (κ1) is 20.4. The lowest BCUT2D eigenvalue weighted by Gasteiger charge is -2.03. The van der Waals surface area contributed by atoms with E-state index in [1.165, 1.54) is 0 Å². The van der Waals surface area contributed by atoms with Crippen LogP contribution in [0.3, 0.4) is 0 Å². The fraction of sp³-hybridized carbons (Fsp3) is 0.100. The predicted molar refractivity (Wildman–Crippen MR) is 116 cm³/mol. The van der Waals surface area contributed by atoms with Gasteiger partial charge in [0.25, 0.3) is 0 Å². The van der Waals surface area contributed by atoms with Gasteiger partial charge in [0.05, 0.1) is 13.1 Å². The molecule has 4 aromatic rings. The highest BCUT2D eigenvalue weighted by molar-refractivity contribution is 9.10. The third-order valence-corrected chi connectivity index (χ3v) is 4.76. The van der Waals surface area contributed by atoms with Gasteiger partial charge in [0.1, 0.15) is 5.82 Å². The van der Waals surface area contributed by atoms with Crippen molar-refractivity contribution in [3.63, 3.8) is 0 Å². The molecule has 3 heterocycles. The van der Waals surface area contributed by atoms with E-state index in [9.17, 15) is 9.59 Å². The van der Waals surface area contributed by atoms with Gasteiger partial charge in [-0.15, -0.1) is 0 Å². The van der Waals surface area contributed by atoms with Gasteiger partial charge in [-0.3, -0.25) is 24.4 Å². The molecule has 0 aliphatic rings. The first-order valence-electron chi connectivity index (χ1n) is 9.25. The van der Waals surface area contributed by atoms with Crippen LogP contribution in [-0.4, -0.2) is 41.8 Å². The van der Waals surface area contributed by atoms with Gasteiger partial charge >= 0.3 is 11.8 Å². The zero-order valence-electron chi connectivity index (χ0n) is 16.1. The molecule has 0 saturated carbocycles. The number of nitrogens with one attached hydrogen (secondary N) is 3. The van der Waals surface area contributed by atoms with Crippen LogP contribution < -0.4 is 10.6 Å². The topological polar surface area (TPSA) is 130 Å². The fourth-order valence-electron chi connectivity index (χ4n) is 2.71. The van der Waals surface area contributed by atoms with E-state index in [0.29, 0.717) is 18.2 Å². The van der Waals surface area contributed by atoms with Gasteiger partial charge in [0, 0.05) is 34.7 Å². The first-order chi connectivity index (χ1) is 15.1. The Morgan fingerprint density at radius 3 is 2.58 bits per heavy atom. The quantitative estimate of drug-likeness (QED) is 0.362. The lowest BCUT2D eigenvalue weighted by Crippen LogP contribution is -2.35. The lowest BCUT2D eigenvalue weighted by molar-refractivity contribution is -0.136. The van der Waals surface area contributed by atoms with Crippen LogP contribution in [0.4, 0.5) is 5.82 Å². The molecule has 31 heavy (non-hydrogen) atoms. The number of H-pyrrole nitrogens is 1. The number of rotatable bonds is 6. The van der Waals surface area contributed by atoms with Crippen molar-refractivity contribution < 1.29 is 9.59 Å². The number of pyridine rings is 1. The first-order valence-corrected chi connectivity index (χ1v) is 10.0. The van der Waals surface area contributed by atoms with Crippen LogP contribution in [0.2, 0.25) is 0 Å². The zero-order valence-corrected chi connectivity index (χ0v) is 17.7. The SMILES string of the molecule is O=C(NCc1nc(-c2ccc(Br)cc2)n[nH]1)C(=O)Nc1ccn(Cc2ccncc2)n1. The minimum atomic E-state index is -0.818. The van der Waals surface area contributed by atoms with Gasteiger partial charge in [-0.1, -0.05) is 28.1 Å². The number of amides is 2. The van der Waals surface area contributed by atoms with Gasteiger partial charge < -0.3 is 10.6 Å². The number of carbonyl (C=O) groups excluding carboxylic acids is 2. The predicted octanol–water partition coefficient (Wildman–Crippen LogP) is 2.13. The number of anilines is 1. The molecular formula is C20H17BrN8O2. The largest absolute Gasteiger partial charge is 0.341 e. The summed E-state index contributed by atoms with van der Waals surface area (Å²) in [5.41, 5.74) is 1.85. The summed E-state index contributed by atoms with van der Waals surface area (Å²) in [6.45, 7) is 0.559. The van der Waals surface area contributed by atoms with E-state index >= 15 is 0 Å². The number of halogens is 1. The maximum atomic E-state index is 12.1. The highest BCUT2D eigenvalue weighted by Crippen LogP contribution is 2.18. The van der Waals surface area contributed by atoms with Crippen molar-refractivity contribution in [1.82, 2.24) is 35.3 Å². The fourth-order valence-corrected chi connectivity index (χ4v) is 2.98. The summed E-state index contributed by atoms with van der Waals surface area (Å²) in [7, 11) is 0. The monoisotopic (exact) mass is 480 g/mol. The summed E-state index contributed by atoms with van der Waals surface area (Å²) in [6, 6.07) is 12.9. The molecule has 0 aliphatic carbocycles. The standard InChI is InChI=1S/C20H17BrN8O2/c21-15-3-1-14(2-4-15)18-24-17(26-27-18)11-23-19(30)20(31)25-16-7-10-29(28-16)12-13-5-8-22-9-6-13/h1-10H,11-12H2,(H,23,30)(H,24,26,27)(H,25,28,31). The van der Waals surface area contributed by atoms with Gasteiger partial charge in [-0.05, 0) is 29.8 Å². The van der Waals surface area contributed by atoms with Crippen molar-refractivity contribution in [2.45, 2.75) is 13.1 Å². The van der Waals surface area contributed by atoms with Crippen LogP contribution in [0, 0.1) is 0 Å². The Balaban J connectivity index is 1.28. The van der Waals surface area contributed by atoms with Crippen LogP contribution in [0.1, 0.15) is 11.4 Å². The van der Waals surface area contributed by atoms with Crippen LogP contribution >= 0.6 is 15.9 Å². The molecule has 156 valence electrons. The maximum absolute atomic E-state index is 12.1. The second-order valence-corrected chi connectivity index (χ2v) is 7.42. The number of hydrogen-bond donors (Lipinski definition) is 3.